The molecule has 7 heteroatoms. The monoisotopic (exact) mass is 247 g/mol. The molecule has 0 aliphatic heterocycles. The first kappa shape index (κ1) is 12.3. The van der Waals surface area contributed by atoms with Crippen LogP contribution in [0.3, 0.4) is 0 Å². The molecule has 0 amide bonds. The summed E-state index contributed by atoms with van der Waals surface area (Å²) in [5.41, 5.74) is 3.31. The molecule has 0 aromatic carbocycles. The van der Waals surface area contributed by atoms with E-state index < -0.39 is 0 Å². The van der Waals surface area contributed by atoms with Crippen LogP contribution >= 0.6 is 0 Å². The Bertz CT molecular complexity index is 494. The zero-order valence-corrected chi connectivity index (χ0v) is 10.5. The average molecular weight is 247 g/mol. The maximum Gasteiger partial charge on any atom is 0.239 e. The molecule has 1 unspecified atom stereocenters. The summed E-state index contributed by atoms with van der Waals surface area (Å²) in [6.07, 6.45) is 5.48. The largest absolute Gasteiger partial charge is 0.366 e. The van der Waals surface area contributed by atoms with Crippen LogP contribution in [0.25, 0.3) is 0 Å². The van der Waals surface area contributed by atoms with Crippen LogP contribution in [0.2, 0.25) is 0 Å². The summed E-state index contributed by atoms with van der Waals surface area (Å²) < 4.78 is 2.01. The number of rotatable bonds is 5. The zero-order valence-electron chi connectivity index (χ0n) is 10.5. The molecule has 0 radical (unpaired) electrons. The van der Waals surface area contributed by atoms with Crippen molar-refractivity contribution in [2.45, 2.75) is 26.4 Å². The summed E-state index contributed by atoms with van der Waals surface area (Å²) in [7, 11) is 0. The number of anilines is 2. The lowest BCUT2D eigenvalue weighted by atomic mass is 10.3. The number of nitrogens with one attached hydrogen (secondary N) is 2. The number of imidazole rings is 1. The standard InChI is InChI=1S/C11H17N7/c1-8-5-10(16-11(15-8)17-12)14-9(2)6-18-4-3-13-7-18/h3-5,7,9H,6,12H2,1-2H3,(H2,14,15,16,17). The van der Waals surface area contributed by atoms with Gasteiger partial charge in [0.15, 0.2) is 0 Å². The van der Waals surface area contributed by atoms with E-state index in [1.165, 1.54) is 0 Å². The second-order valence-electron chi connectivity index (χ2n) is 4.17. The highest BCUT2D eigenvalue weighted by Gasteiger charge is 2.06. The highest BCUT2D eigenvalue weighted by molar-refractivity contribution is 5.42. The van der Waals surface area contributed by atoms with Crippen LogP contribution < -0.4 is 16.6 Å². The van der Waals surface area contributed by atoms with Gasteiger partial charge in [0.25, 0.3) is 0 Å². The normalized spacial score (nSPS) is 12.2. The van der Waals surface area contributed by atoms with Crippen molar-refractivity contribution in [3.05, 3.63) is 30.5 Å². The van der Waals surface area contributed by atoms with E-state index in [1.807, 2.05) is 23.8 Å². The maximum absolute atomic E-state index is 5.31. The Morgan fingerprint density at radius 2 is 2.28 bits per heavy atom. The Labute approximate surface area is 105 Å². The van der Waals surface area contributed by atoms with Gasteiger partial charge in [0.2, 0.25) is 5.95 Å². The van der Waals surface area contributed by atoms with Crippen LogP contribution in [-0.2, 0) is 6.54 Å². The van der Waals surface area contributed by atoms with Gasteiger partial charge in [-0.3, -0.25) is 5.43 Å². The van der Waals surface area contributed by atoms with Gasteiger partial charge < -0.3 is 9.88 Å². The quantitative estimate of drug-likeness (QED) is 0.533. The molecule has 96 valence electrons. The summed E-state index contributed by atoms with van der Waals surface area (Å²) in [6, 6.07) is 2.10. The minimum absolute atomic E-state index is 0.221. The smallest absolute Gasteiger partial charge is 0.239 e. The molecule has 2 heterocycles. The van der Waals surface area contributed by atoms with E-state index in [2.05, 4.69) is 32.6 Å². The average Bonchev–Trinajstić information content (AvgIpc) is 2.80. The molecule has 18 heavy (non-hydrogen) atoms. The summed E-state index contributed by atoms with van der Waals surface area (Å²) in [5.74, 6) is 6.48. The van der Waals surface area contributed by atoms with Crippen molar-refractivity contribution in [2.75, 3.05) is 10.7 Å². The third-order valence-corrected chi connectivity index (χ3v) is 2.42. The Morgan fingerprint density at radius 3 is 2.94 bits per heavy atom. The number of nitrogen functional groups attached to an aromatic ring is 1. The van der Waals surface area contributed by atoms with Gasteiger partial charge in [-0.2, -0.15) is 4.98 Å². The summed E-state index contributed by atoms with van der Waals surface area (Å²) in [4.78, 5) is 12.4. The number of aryl methyl sites for hydroxylation is 1. The molecule has 1 atom stereocenters. The molecule has 0 aliphatic rings. The van der Waals surface area contributed by atoms with Crippen molar-refractivity contribution in [3.8, 4) is 0 Å². The van der Waals surface area contributed by atoms with Gasteiger partial charge in [-0.25, -0.2) is 15.8 Å². The molecular weight excluding hydrogens is 230 g/mol. The van der Waals surface area contributed by atoms with E-state index in [1.54, 1.807) is 12.5 Å². The maximum atomic E-state index is 5.31. The second-order valence-corrected chi connectivity index (χ2v) is 4.17. The van der Waals surface area contributed by atoms with Crippen LogP contribution in [-0.4, -0.2) is 25.6 Å². The number of hydrogen-bond acceptors (Lipinski definition) is 6. The molecule has 0 saturated carbocycles. The second kappa shape index (κ2) is 5.46. The van der Waals surface area contributed by atoms with E-state index in [4.69, 9.17) is 5.84 Å². The van der Waals surface area contributed by atoms with Gasteiger partial charge in [0, 0.05) is 36.7 Å². The molecule has 2 aromatic heterocycles. The molecule has 2 rings (SSSR count). The molecule has 0 saturated heterocycles. The number of nitrogens with two attached hydrogens (primary N) is 1. The van der Waals surface area contributed by atoms with Gasteiger partial charge >= 0.3 is 0 Å². The van der Waals surface area contributed by atoms with E-state index in [0.717, 1.165) is 18.1 Å². The highest BCUT2D eigenvalue weighted by atomic mass is 15.3. The predicted molar refractivity (Wildman–Crippen MR) is 69.9 cm³/mol. The van der Waals surface area contributed by atoms with Crippen LogP contribution in [0.5, 0.6) is 0 Å². The first-order chi connectivity index (χ1) is 8.67. The molecular formula is C11H17N7. The molecule has 7 nitrogen and oxygen atoms in total. The fourth-order valence-electron chi connectivity index (χ4n) is 1.72. The molecule has 2 aromatic rings. The van der Waals surface area contributed by atoms with Crippen molar-refractivity contribution >= 4 is 11.8 Å². The van der Waals surface area contributed by atoms with Crippen molar-refractivity contribution in [3.63, 3.8) is 0 Å². The molecule has 0 spiro atoms. The molecule has 0 aliphatic carbocycles. The summed E-state index contributed by atoms with van der Waals surface area (Å²) in [6.45, 7) is 4.79. The topological polar surface area (TPSA) is 93.7 Å². The first-order valence-corrected chi connectivity index (χ1v) is 5.72. The highest BCUT2D eigenvalue weighted by Crippen LogP contribution is 2.10. The van der Waals surface area contributed by atoms with Crippen molar-refractivity contribution in [2.24, 2.45) is 5.84 Å². The lowest BCUT2D eigenvalue weighted by Crippen LogP contribution is -2.22. The Morgan fingerprint density at radius 1 is 1.44 bits per heavy atom. The van der Waals surface area contributed by atoms with Gasteiger partial charge in [-0.1, -0.05) is 0 Å². The van der Waals surface area contributed by atoms with Gasteiger partial charge in [0.05, 0.1) is 6.33 Å². The summed E-state index contributed by atoms with van der Waals surface area (Å²) >= 11 is 0. The van der Waals surface area contributed by atoms with E-state index >= 15 is 0 Å². The van der Waals surface area contributed by atoms with Crippen LogP contribution in [0.4, 0.5) is 11.8 Å². The fraction of sp³-hybridized carbons (Fsp3) is 0.364. The lowest BCUT2D eigenvalue weighted by Gasteiger charge is -2.15. The third kappa shape index (κ3) is 3.17. The van der Waals surface area contributed by atoms with Crippen LogP contribution in [0.1, 0.15) is 12.6 Å². The van der Waals surface area contributed by atoms with Crippen molar-refractivity contribution in [1.29, 1.82) is 0 Å². The minimum Gasteiger partial charge on any atom is -0.366 e. The predicted octanol–water partition coefficient (Wildman–Crippen LogP) is 0.768. The number of hydrogen-bond donors (Lipinski definition) is 3. The van der Waals surface area contributed by atoms with Crippen molar-refractivity contribution < 1.29 is 0 Å². The van der Waals surface area contributed by atoms with Gasteiger partial charge in [-0.15, -0.1) is 0 Å². The minimum atomic E-state index is 0.221. The number of hydrazine groups is 1. The lowest BCUT2D eigenvalue weighted by molar-refractivity contribution is 0.617. The SMILES string of the molecule is Cc1cc(NC(C)Cn2ccnc2)nc(NN)n1. The van der Waals surface area contributed by atoms with Gasteiger partial charge in [0.1, 0.15) is 5.82 Å². The fourth-order valence-corrected chi connectivity index (χ4v) is 1.72. The van der Waals surface area contributed by atoms with Crippen molar-refractivity contribution in [1.82, 2.24) is 19.5 Å². The Balaban J connectivity index is 2.02. The summed E-state index contributed by atoms with van der Waals surface area (Å²) in [5, 5.41) is 3.30. The Kier molecular flexibility index (Phi) is 3.73. The van der Waals surface area contributed by atoms with E-state index in [0.29, 0.717) is 5.95 Å². The molecule has 0 bridgehead atoms. The molecule has 4 N–H and O–H groups in total. The number of aromatic nitrogens is 4. The third-order valence-electron chi connectivity index (χ3n) is 2.42. The number of nitrogens with zero attached hydrogens (tertiary/aromatic N) is 4. The van der Waals surface area contributed by atoms with E-state index in [9.17, 15) is 0 Å². The molecule has 0 fully saturated rings. The van der Waals surface area contributed by atoms with Crippen LogP contribution in [0, 0.1) is 6.92 Å². The van der Waals surface area contributed by atoms with Crippen LogP contribution in [0.15, 0.2) is 24.8 Å². The first-order valence-electron chi connectivity index (χ1n) is 5.72. The zero-order chi connectivity index (χ0) is 13.0. The van der Waals surface area contributed by atoms with E-state index in [-0.39, 0.29) is 6.04 Å². The van der Waals surface area contributed by atoms with Gasteiger partial charge in [-0.05, 0) is 13.8 Å². The Hall–Kier alpha value is -2.15.